The molecule has 1 N–H and O–H groups in total. The van der Waals surface area contributed by atoms with Gasteiger partial charge in [-0.2, -0.15) is 0 Å². The number of benzene rings is 1. The summed E-state index contributed by atoms with van der Waals surface area (Å²) in [5.74, 6) is 0.585. The van der Waals surface area contributed by atoms with E-state index in [0.29, 0.717) is 12.5 Å². The lowest BCUT2D eigenvalue weighted by atomic mass is 10.1. The summed E-state index contributed by atoms with van der Waals surface area (Å²) in [6.45, 7) is 0.366. The largest absolute Gasteiger partial charge is 0.261 e. The number of halogens is 1. The summed E-state index contributed by atoms with van der Waals surface area (Å²) in [5.41, 5.74) is 0. The molecule has 1 fully saturated rings. The normalized spacial score (nSPS) is 17.2. The monoisotopic (exact) mass is 351 g/mol. The third-order valence-electron chi connectivity index (χ3n) is 3.72. The fraction of sp³-hybridized carbons (Fsp3) is 0.538. The van der Waals surface area contributed by atoms with Crippen molar-refractivity contribution in [1.29, 1.82) is 0 Å². The van der Waals surface area contributed by atoms with Gasteiger partial charge in [0.2, 0.25) is 10.0 Å². The van der Waals surface area contributed by atoms with Crippen LogP contribution in [0.5, 0.6) is 0 Å². The van der Waals surface area contributed by atoms with E-state index in [1.165, 1.54) is 31.0 Å². The number of nitrogens with one attached hydrogen (secondary N) is 1. The molecule has 21 heavy (non-hydrogen) atoms. The zero-order valence-corrected chi connectivity index (χ0v) is 13.8. The van der Waals surface area contributed by atoms with E-state index in [9.17, 15) is 16.8 Å². The third-order valence-corrected chi connectivity index (χ3v) is 6.53. The van der Waals surface area contributed by atoms with Gasteiger partial charge < -0.3 is 0 Å². The maximum Gasteiger partial charge on any atom is 0.261 e. The zero-order valence-electron chi connectivity index (χ0n) is 11.5. The molecule has 5 nitrogen and oxygen atoms in total. The second-order valence-corrected chi connectivity index (χ2v) is 9.58. The molecule has 0 aromatic heterocycles. The Morgan fingerprint density at radius 3 is 2.33 bits per heavy atom. The van der Waals surface area contributed by atoms with Crippen molar-refractivity contribution in [3.8, 4) is 0 Å². The summed E-state index contributed by atoms with van der Waals surface area (Å²) in [7, 11) is -2.42. The Bertz CT molecular complexity index is 695. The van der Waals surface area contributed by atoms with Crippen LogP contribution >= 0.6 is 10.7 Å². The van der Waals surface area contributed by atoms with Gasteiger partial charge in [0.05, 0.1) is 9.79 Å². The first kappa shape index (κ1) is 16.7. The lowest BCUT2D eigenvalue weighted by Crippen LogP contribution is -2.26. The lowest BCUT2D eigenvalue weighted by Gasteiger charge is -2.10. The molecule has 0 saturated heterocycles. The fourth-order valence-electron chi connectivity index (χ4n) is 2.57. The molecule has 0 amide bonds. The smallest absolute Gasteiger partial charge is 0.211 e. The minimum atomic E-state index is -3.94. The molecule has 0 spiro atoms. The summed E-state index contributed by atoms with van der Waals surface area (Å²) >= 11 is 0. The van der Waals surface area contributed by atoms with E-state index >= 15 is 0 Å². The van der Waals surface area contributed by atoms with Crippen molar-refractivity contribution >= 4 is 29.8 Å². The molecule has 118 valence electrons. The number of hydrogen-bond acceptors (Lipinski definition) is 4. The molecule has 1 aliphatic rings. The van der Waals surface area contributed by atoms with E-state index in [2.05, 4.69) is 4.72 Å². The first-order valence-corrected chi connectivity index (χ1v) is 10.6. The van der Waals surface area contributed by atoms with Gasteiger partial charge in [-0.05, 0) is 30.5 Å². The molecule has 8 heteroatoms. The van der Waals surface area contributed by atoms with Crippen molar-refractivity contribution in [3.63, 3.8) is 0 Å². The quantitative estimate of drug-likeness (QED) is 0.798. The van der Waals surface area contributed by atoms with Gasteiger partial charge in [0.25, 0.3) is 9.05 Å². The number of rotatable bonds is 6. The predicted molar refractivity (Wildman–Crippen MR) is 81.2 cm³/mol. The van der Waals surface area contributed by atoms with Crippen LogP contribution in [0.2, 0.25) is 0 Å². The molecular weight excluding hydrogens is 334 g/mol. The molecular formula is C13H18ClNO4S2. The Kier molecular flexibility index (Phi) is 5.29. The Balaban J connectivity index is 2.05. The molecule has 0 atom stereocenters. The first-order valence-electron chi connectivity index (χ1n) is 6.83. The van der Waals surface area contributed by atoms with Gasteiger partial charge in [0, 0.05) is 17.2 Å². The SMILES string of the molecule is O=S(=O)(Cl)c1cccc(S(=O)(=O)NCCC2CCCC2)c1. The Hall–Kier alpha value is -0.630. The minimum Gasteiger partial charge on any atom is -0.211 e. The van der Waals surface area contributed by atoms with Crippen molar-refractivity contribution in [3.05, 3.63) is 24.3 Å². The second kappa shape index (κ2) is 6.64. The van der Waals surface area contributed by atoms with E-state index in [1.807, 2.05) is 0 Å². The van der Waals surface area contributed by atoms with Gasteiger partial charge >= 0.3 is 0 Å². The van der Waals surface area contributed by atoms with E-state index in [1.54, 1.807) is 0 Å². The molecule has 0 bridgehead atoms. The van der Waals surface area contributed by atoms with Crippen molar-refractivity contribution in [1.82, 2.24) is 4.72 Å². The van der Waals surface area contributed by atoms with Crippen LogP contribution in [0.3, 0.4) is 0 Å². The van der Waals surface area contributed by atoms with Gasteiger partial charge in [-0.15, -0.1) is 0 Å². The van der Waals surface area contributed by atoms with Crippen molar-refractivity contribution in [2.45, 2.75) is 41.9 Å². The number of sulfonamides is 1. The highest BCUT2D eigenvalue weighted by Gasteiger charge is 2.19. The Morgan fingerprint density at radius 1 is 1.10 bits per heavy atom. The minimum absolute atomic E-state index is 0.0874. The molecule has 2 rings (SSSR count). The average Bonchev–Trinajstić information content (AvgIpc) is 2.91. The van der Waals surface area contributed by atoms with Gasteiger partial charge in [-0.1, -0.05) is 31.7 Å². The second-order valence-electron chi connectivity index (χ2n) is 5.25. The topological polar surface area (TPSA) is 80.3 Å². The first-order chi connectivity index (χ1) is 9.79. The van der Waals surface area contributed by atoms with Crippen LogP contribution in [-0.2, 0) is 19.1 Å². The van der Waals surface area contributed by atoms with Crippen molar-refractivity contribution in [2.75, 3.05) is 6.54 Å². The van der Waals surface area contributed by atoms with Gasteiger partial charge in [-0.3, -0.25) is 0 Å². The van der Waals surface area contributed by atoms with E-state index in [0.717, 1.165) is 25.3 Å². The third kappa shape index (κ3) is 4.67. The summed E-state index contributed by atoms with van der Waals surface area (Å²) in [4.78, 5) is -0.307. The molecule has 1 aromatic carbocycles. The van der Waals surface area contributed by atoms with E-state index in [-0.39, 0.29) is 9.79 Å². The Labute approximate surface area is 130 Å². The van der Waals surface area contributed by atoms with Crippen LogP contribution in [0.4, 0.5) is 0 Å². The highest BCUT2D eigenvalue weighted by molar-refractivity contribution is 8.13. The van der Waals surface area contributed by atoms with Gasteiger partial charge in [0.1, 0.15) is 0 Å². The fourth-order valence-corrected chi connectivity index (χ4v) is 4.54. The highest BCUT2D eigenvalue weighted by atomic mass is 35.7. The standard InChI is InChI=1S/C13H18ClNO4S2/c14-20(16,17)12-6-3-7-13(10-12)21(18,19)15-9-8-11-4-1-2-5-11/h3,6-7,10-11,15H,1-2,4-5,8-9H2. The van der Waals surface area contributed by atoms with Crippen LogP contribution in [0.25, 0.3) is 0 Å². The molecule has 1 aliphatic carbocycles. The zero-order chi connectivity index (χ0) is 15.5. The van der Waals surface area contributed by atoms with Crippen LogP contribution in [0.15, 0.2) is 34.1 Å². The van der Waals surface area contributed by atoms with E-state index < -0.39 is 19.1 Å². The highest BCUT2D eigenvalue weighted by Crippen LogP contribution is 2.27. The summed E-state index contributed by atoms with van der Waals surface area (Å²) in [5, 5.41) is 0. The van der Waals surface area contributed by atoms with Gasteiger partial charge in [-0.25, -0.2) is 21.6 Å². The maximum atomic E-state index is 12.1. The summed E-state index contributed by atoms with van der Waals surface area (Å²) < 4.78 is 49.3. The van der Waals surface area contributed by atoms with Crippen LogP contribution in [0.1, 0.15) is 32.1 Å². The van der Waals surface area contributed by atoms with Crippen LogP contribution in [0, 0.1) is 5.92 Å². The summed E-state index contributed by atoms with van der Waals surface area (Å²) in [6.07, 6.45) is 5.55. The number of hydrogen-bond donors (Lipinski definition) is 1. The maximum absolute atomic E-state index is 12.1. The molecule has 0 aliphatic heterocycles. The molecule has 1 aromatic rings. The molecule has 0 radical (unpaired) electrons. The average molecular weight is 352 g/mol. The van der Waals surface area contributed by atoms with Crippen molar-refractivity contribution < 1.29 is 16.8 Å². The predicted octanol–water partition coefficient (Wildman–Crippen LogP) is 2.47. The lowest BCUT2D eigenvalue weighted by molar-refractivity contribution is 0.495. The van der Waals surface area contributed by atoms with Crippen LogP contribution in [-0.4, -0.2) is 23.4 Å². The van der Waals surface area contributed by atoms with Crippen molar-refractivity contribution in [2.24, 2.45) is 5.92 Å². The molecule has 0 heterocycles. The van der Waals surface area contributed by atoms with Crippen LogP contribution < -0.4 is 4.72 Å². The molecule has 1 saturated carbocycles. The Morgan fingerprint density at radius 2 is 1.71 bits per heavy atom. The van der Waals surface area contributed by atoms with E-state index in [4.69, 9.17) is 10.7 Å². The van der Waals surface area contributed by atoms with Gasteiger partial charge in [0.15, 0.2) is 0 Å². The molecule has 0 unspecified atom stereocenters. The summed E-state index contributed by atoms with van der Waals surface area (Å²) in [6, 6.07) is 5.05.